The molecule has 0 bridgehead atoms. The lowest BCUT2D eigenvalue weighted by molar-refractivity contribution is 0.0354. The molecule has 1 N–H and O–H groups in total. The van der Waals surface area contributed by atoms with E-state index < -0.39 is 5.60 Å². The molecule has 0 spiro atoms. The van der Waals surface area contributed by atoms with E-state index in [1.54, 1.807) is 0 Å². The van der Waals surface area contributed by atoms with E-state index in [4.69, 9.17) is 4.74 Å². The maximum Gasteiger partial charge on any atom is 0.407 e. The summed E-state index contributed by atoms with van der Waals surface area (Å²) in [6.45, 7) is 10.1. The van der Waals surface area contributed by atoms with Gasteiger partial charge in [0.15, 0.2) is 0 Å². The van der Waals surface area contributed by atoms with Gasteiger partial charge in [0.05, 0.1) is 0 Å². The predicted molar refractivity (Wildman–Crippen MR) is 60.8 cm³/mol. The zero-order chi connectivity index (χ0) is 11.7. The minimum absolute atomic E-state index is 0.286. The maximum atomic E-state index is 11.4. The highest BCUT2D eigenvalue weighted by Crippen LogP contribution is 2.43. The number of ether oxygens (including phenoxy) is 1. The van der Waals surface area contributed by atoms with Crippen LogP contribution in [0.5, 0.6) is 0 Å². The van der Waals surface area contributed by atoms with E-state index in [0.29, 0.717) is 11.5 Å². The first kappa shape index (κ1) is 12.3. The van der Waals surface area contributed by atoms with Crippen molar-refractivity contribution in [1.82, 2.24) is 5.32 Å². The van der Waals surface area contributed by atoms with Crippen molar-refractivity contribution in [3.8, 4) is 0 Å². The number of carbonyl (C=O) groups excluding carboxylic acids is 1. The van der Waals surface area contributed by atoms with E-state index in [9.17, 15) is 4.79 Å². The van der Waals surface area contributed by atoms with Gasteiger partial charge in [0.2, 0.25) is 0 Å². The molecular formula is C12H23NO2. The molecule has 0 radical (unpaired) electrons. The minimum atomic E-state index is -0.401. The van der Waals surface area contributed by atoms with Crippen LogP contribution in [0.1, 0.15) is 53.9 Å². The fourth-order valence-electron chi connectivity index (χ4n) is 1.99. The Bertz CT molecular complexity index is 236. The summed E-state index contributed by atoms with van der Waals surface area (Å²) in [6.07, 6.45) is 3.04. The van der Waals surface area contributed by atoms with Gasteiger partial charge in [0.25, 0.3) is 0 Å². The molecule has 1 aliphatic carbocycles. The first-order chi connectivity index (χ1) is 6.74. The van der Waals surface area contributed by atoms with Crippen molar-refractivity contribution in [1.29, 1.82) is 0 Å². The van der Waals surface area contributed by atoms with E-state index in [-0.39, 0.29) is 6.09 Å². The number of rotatable bonds is 2. The van der Waals surface area contributed by atoms with Crippen molar-refractivity contribution in [2.24, 2.45) is 5.41 Å². The van der Waals surface area contributed by atoms with E-state index in [0.717, 1.165) is 12.8 Å². The number of hydrogen-bond donors (Lipinski definition) is 1. The highest BCUT2D eigenvalue weighted by Gasteiger charge is 2.39. The molecule has 3 heteroatoms. The lowest BCUT2D eigenvalue weighted by Gasteiger charge is -2.45. The van der Waals surface area contributed by atoms with Gasteiger partial charge in [-0.3, -0.25) is 0 Å². The first-order valence-corrected chi connectivity index (χ1v) is 5.74. The summed E-state index contributed by atoms with van der Waals surface area (Å²) in [5.41, 5.74) is 0.0293. The van der Waals surface area contributed by atoms with Crippen molar-refractivity contribution in [2.75, 3.05) is 0 Å². The van der Waals surface area contributed by atoms with Gasteiger partial charge in [-0.2, -0.15) is 0 Å². The standard InChI is InChI=1S/C12H23NO2/c1-6-12(5)7-9(8-12)13-10(14)15-11(2,3)4/h9H,6-8H2,1-5H3,(H,13,14). The predicted octanol–water partition coefficient (Wildman–Crippen LogP) is 3.09. The van der Waals surface area contributed by atoms with Crippen LogP contribution in [0, 0.1) is 5.41 Å². The van der Waals surface area contributed by atoms with Crippen LogP contribution in [0.25, 0.3) is 0 Å². The number of nitrogens with one attached hydrogen (secondary N) is 1. The maximum absolute atomic E-state index is 11.4. The molecule has 0 aromatic carbocycles. The topological polar surface area (TPSA) is 38.3 Å². The molecule has 1 rings (SSSR count). The molecule has 88 valence electrons. The Labute approximate surface area is 92.6 Å². The smallest absolute Gasteiger partial charge is 0.407 e. The van der Waals surface area contributed by atoms with Crippen LogP contribution in [0.4, 0.5) is 4.79 Å². The van der Waals surface area contributed by atoms with Crippen LogP contribution in [-0.2, 0) is 4.74 Å². The van der Waals surface area contributed by atoms with Gasteiger partial charge < -0.3 is 10.1 Å². The van der Waals surface area contributed by atoms with Gasteiger partial charge in [-0.1, -0.05) is 20.3 Å². The second-order valence-corrected chi connectivity index (χ2v) is 5.92. The van der Waals surface area contributed by atoms with E-state index in [2.05, 4.69) is 19.2 Å². The average molecular weight is 213 g/mol. The molecule has 1 amide bonds. The first-order valence-electron chi connectivity index (χ1n) is 5.74. The summed E-state index contributed by atoms with van der Waals surface area (Å²) in [4.78, 5) is 11.4. The normalized spacial score (nSPS) is 30.6. The molecule has 0 saturated heterocycles. The summed E-state index contributed by atoms with van der Waals surface area (Å²) in [7, 11) is 0. The Morgan fingerprint density at radius 3 is 2.40 bits per heavy atom. The number of carbonyl (C=O) groups is 1. The molecule has 0 aromatic rings. The summed E-state index contributed by atoms with van der Waals surface area (Å²) < 4.78 is 5.20. The van der Waals surface area contributed by atoms with Crippen molar-refractivity contribution in [2.45, 2.75) is 65.5 Å². The SMILES string of the molecule is CCC1(C)CC(NC(=O)OC(C)(C)C)C1. The Hall–Kier alpha value is -0.730. The van der Waals surface area contributed by atoms with Crippen LogP contribution in [-0.4, -0.2) is 17.7 Å². The zero-order valence-corrected chi connectivity index (χ0v) is 10.5. The molecule has 1 saturated carbocycles. The number of amides is 1. The van der Waals surface area contributed by atoms with Gasteiger partial charge >= 0.3 is 6.09 Å². The molecule has 3 nitrogen and oxygen atoms in total. The third-order valence-electron chi connectivity index (χ3n) is 3.05. The highest BCUT2D eigenvalue weighted by molar-refractivity contribution is 5.68. The minimum Gasteiger partial charge on any atom is -0.444 e. The molecule has 1 fully saturated rings. The van der Waals surface area contributed by atoms with Crippen LogP contribution in [0.3, 0.4) is 0 Å². The van der Waals surface area contributed by atoms with Gasteiger partial charge in [-0.05, 0) is 39.0 Å². The van der Waals surface area contributed by atoms with Crippen molar-refractivity contribution < 1.29 is 9.53 Å². The Balaban J connectivity index is 2.25. The van der Waals surface area contributed by atoms with Crippen molar-refractivity contribution in [3.05, 3.63) is 0 Å². The summed E-state index contributed by atoms with van der Waals surface area (Å²) >= 11 is 0. The van der Waals surface area contributed by atoms with Crippen molar-refractivity contribution >= 4 is 6.09 Å². The molecule has 0 atom stereocenters. The lowest BCUT2D eigenvalue weighted by Crippen LogP contribution is -2.50. The van der Waals surface area contributed by atoms with Crippen LogP contribution < -0.4 is 5.32 Å². The Morgan fingerprint density at radius 2 is 2.00 bits per heavy atom. The molecule has 15 heavy (non-hydrogen) atoms. The second-order valence-electron chi connectivity index (χ2n) is 5.92. The number of hydrogen-bond acceptors (Lipinski definition) is 2. The lowest BCUT2D eigenvalue weighted by atomic mass is 9.65. The van der Waals surface area contributed by atoms with E-state index in [1.807, 2.05) is 20.8 Å². The van der Waals surface area contributed by atoms with Crippen molar-refractivity contribution in [3.63, 3.8) is 0 Å². The monoisotopic (exact) mass is 213 g/mol. The summed E-state index contributed by atoms with van der Waals surface area (Å²) in [5, 5.41) is 2.90. The van der Waals surface area contributed by atoms with Crippen LogP contribution in [0.2, 0.25) is 0 Å². The Morgan fingerprint density at radius 1 is 1.47 bits per heavy atom. The summed E-state index contributed by atoms with van der Waals surface area (Å²) in [5.74, 6) is 0. The van der Waals surface area contributed by atoms with Gasteiger partial charge in [0, 0.05) is 6.04 Å². The highest BCUT2D eigenvalue weighted by atomic mass is 16.6. The second kappa shape index (κ2) is 4.03. The third kappa shape index (κ3) is 3.73. The van der Waals surface area contributed by atoms with Gasteiger partial charge in [-0.25, -0.2) is 4.79 Å². The van der Waals surface area contributed by atoms with Crippen LogP contribution in [0.15, 0.2) is 0 Å². The molecule has 1 aliphatic rings. The Kier molecular flexibility index (Phi) is 3.31. The molecule has 0 aliphatic heterocycles. The molecule has 0 aromatic heterocycles. The quantitative estimate of drug-likeness (QED) is 0.765. The van der Waals surface area contributed by atoms with E-state index >= 15 is 0 Å². The third-order valence-corrected chi connectivity index (χ3v) is 3.05. The van der Waals surface area contributed by atoms with Crippen LogP contribution >= 0.6 is 0 Å². The molecule has 0 heterocycles. The fraction of sp³-hybridized carbons (Fsp3) is 0.917. The van der Waals surface area contributed by atoms with Gasteiger partial charge in [-0.15, -0.1) is 0 Å². The zero-order valence-electron chi connectivity index (χ0n) is 10.5. The van der Waals surface area contributed by atoms with E-state index in [1.165, 1.54) is 6.42 Å². The average Bonchev–Trinajstić information content (AvgIpc) is 1.97. The summed E-state index contributed by atoms with van der Waals surface area (Å²) in [6, 6.07) is 0.310. The van der Waals surface area contributed by atoms with Gasteiger partial charge in [0.1, 0.15) is 5.60 Å². The molecular weight excluding hydrogens is 190 g/mol. The fourth-order valence-corrected chi connectivity index (χ4v) is 1.99. The largest absolute Gasteiger partial charge is 0.444 e. The molecule has 0 unspecified atom stereocenters. The number of alkyl carbamates (subject to hydrolysis) is 1.